The fourth-order valence-corrected chi connectivity index (χ4v) is 2.96. The van der Waals surface area contributed by atoms with E-state index in [0.717, 1.165) is 0 Å². The number of para-hydroxylation sites is 1. The van der Waals surface area contributed by atoms with Crippen LogP contribution < -0.4 is 0 Å². The molecule has 1 N–H and O–H groups in total. The molecule has 0 fully saturated rings. The summed E-state index contributed by atoms with van der Waals surface area (Å²) in [4.78, 5) is 10.6. The maximum atomic E-state index is 11.0. The molecule has 136 valence electrons. The smallest absolute Gasteiger partial charge is 0.258 e. The van der Waals surface area contributed by atoms with Crippen molar-refractivity contribution in [2.24, 2.45) is 5.10 Å². The van der Waals surface area contributed by atoms with Crippen LogP contribution in [0, 0.1) is 14.9 Å². The largest absolute Gasteiger partial charge is 0.276 e. The Hall–Kier alpha value is -2.81. The second-order valence-corrected chi connectivity index (χ2v) is 6.46. The number of hydrogen-bond donors (Lipinski definition) is 1. The van der Waals surface area contributed by atoms with Crippen LogP contribution in [0.3, 0.4) is 0 Å². The van der Waals surface area contributed by atoms with E-state index in [4.69, 9.17) is 35.4 Å². The molecule has 0 bridgehead atoms. The van der Waals surface area contributed by atoms with Gasteiger partial charge in [-0.15, -0.1) is 0 Å². The standard InChI is InChI=1S/C17H11Cl2N5O2S/c18-12-7-8-13(14(19)10-12)16-21-22-17(27)23(16)20-9-3-5-11-4-1-2-6-15(11)24(25)26/h1-10H,(H,22,27)/b5-3+,20-9+. The van der Waals surface area contributed by atoms with Gasteiger partial charge in [0, 0.05) is 22.9 Å². The third kappa shape index (κ3) is 4.30. The van der Waals surface area contributed by atoms with Crippen molar-refractivity contribution in [1.29, 1.82) is 0 Å². The summed E-state index contributed by atoms with van der Waals surface area (Å²) in [6.45, 7) is 0. The van der Waals surface area contributed by atoms with Crippen LogP contribution in [0.4, 0.5) is 5.69 Å². The van der Waals surface area contributed by atoms with Gasteiger partial charge in [-0.25, -0.2) is 5.10 Å². The van der Waals surface area contributed by atoms with Gasteiger partial charge in [-0.05, 0) is 48.6 Å². The number of nitro groups is 1. The van der Waals surface area contributed by atoms with E-state index in [9.17, 15) is 10.1 Å². The lowest BCUT2D eigenvalue weighted by Crippen LogP contribution is -1.94. The lowest BCUT2D eigenvalue weighted by molar-refractivity contribution is -0.385. The van der Waals surface area contributed by atoms with Gasteiger partial charge in [0.25, 0.3) is 5.69 Å². The molecule has 0 saturated carbocycles. The van der Waals surface area contributed by atoms with E-state index in [-0.39, 0.29) is 10.5 Å². The summed E-state index contributed by atoms with van der Waals surface area (Å²) in [5, 5.41) is 23.0. The first kappa shape index (κ1) is 19.0. The number of aromatic amines is 1. The van der Waals surface area contributed by atoms with E-state index in [2.05, 4.69) is 15.3 Å². The zero-order valence-corrected chi connectivity index (χ0v) is 15.9. The Morgan fingerprint density at radius 1 is 1.26 bits per heavy atom. The Kier molecular flexibility index (Phi) is 5.80. The SMILES string of the molecule is O=[N+]([O-])c1ccccc1/C=C/C=N/n1c(-c2ccc(Cl)cc2Cl)n[nH]c1=S. The van der Waals surface area contributed by atoms with Gasteiger partial charge in [0.05, 0.1) is 15.5 Å². The molecule has 10 heteroatoms. The van der Waals surface area contributed by atoms with Gasteiger partial charge in [0.2, 0.25) is 4.77 Å². The summed E-state index contributed by atoms with van der Waals surface area (Å²) in [7, 11) is 0. The molecule has 0 aliphatic heterocycles. The maximum Gasteiger partial charge on any atom is 0.276 e. The minimum absolute atomic E-state index is 0.00991. The van der Waals surface area contributed by atoms with E-state index < -0.39 is 4.92 Å². The lowest BCUT2D eigenvalue weighted by atomic mass is 10.2. The number of allylic oxidation sites excluding steroid dienone is 1. The highest BCUT2D eigenvalue weighted by molar-refractivity contribution is 7.71. The number of aromatic nitrogens is 3. The number of nitrogens with one attached hydrogen (secondary N) is 1. The van der Waals surface area contributed by atoms with Crippen molar-refractivity contribution >= 4 is 53.4 Å². The van der Waals surface area contributed by atoms with Crippen LogP contribution in [0.15, 0.2) is 53.6 Å². The Labute approximate surface area is 168 Å². The highest BCUT2D eigenvalue weighted by Gasteiger charge is 2.12. The summed E-state index contributed by atoms with van der Waals surface area (Å²) in [5.41, 5.74) is 1.08. The highest BCUT2D eigenvalue weighted by atomic mass is 35.5. The van der Waals surface area contributed by atoms with Crippen LogP contribution in [-0.2, 0) is 0 Å². The van der Waals surface area contributed by atoms with Gasteiger partial charge < -0.3 is 0 Å². The average molecular weight is 420 g/mol. The Morgan fingerprint density at radius 3 is 2.78 bits per heavy atom. The van der Waals surface area contributed by atoms with Crippen molar-refractivity contribution in [3.05, 3.63) is 79.0 Å². The summed E-state index contributed by atoms with van der Waals surface area (Å²) in [6, 6.07) is 11.4. The predicted molar refractivity (Wildman–Crippen MR) is 109 cm³/mol. The van der Waals surface area contributed by atoms with Crippen molar-refractivity contribution in [3.8, 4) is 11.4 Å². The van der Waals surface area contributed by atoms with E-state index in [1.807, 2.05) is 0 Å². The van der Waals surface area contributed by atoms with Gasteiger partial charge in [-0.2, -0.15) is 14.9 Å². The number of benzene rings is 2. The summed E-state index contributed by atoms with van der Waals surface area (Å²) in [6.07, 6.45) is 4.61. The van der Waals surface area contributed by atoms with Gasteiger partial charge in [-0.3, -0.25) is 10.1 Å². The lowest BCUT2D eigenvalue weighted by Gasteiger charge is -2.03. The Bertz CT molecular complexity index is 1120. The van der Waals surface area contributed by atoms with Crippen LogP contribution in [-0.4, -0.2) is 26.0 Å². The average Bonchev–Trinajstić information content (AvgIpc) is 2.99. The molecule has 0 amide bonds. The van der Waals surface area contributed by atoms with Crippen LogP contribution in [0.1, 0.15) is 5.56 Å². The van der Waals surface area contributed by atoms with Gasteiger partial charge >= 0.3 is 0 Å². The van der Waals surface area contributed by atoms with Crippen molar-refractivity contribution in [3.63, 3.8) is 0 Å². The first-order chi connectivity index (χ1) is 13.0. The van der Waals surface area contributed by atoms with Gasteiger partial charge in [0.15, 0.2) is 5.82 Å². The van der Waals surface area contributed by atoms with E-state index >= 15 is 0 Å². The molecule has 0 radical (unpaired) electrons. The number of nitro benzene ring substituents is 1. The number of rotatable bonds is 5. The minimum Gasteiger partial charge on any atom is -0.258 e. The van der Waals surface area contributed by atoms with Gasteiger partial charge in [-0.1, -0.05) is 35.3 Å². The molecule has 1 heterocycles. The molecule has 0 atom stereocenters. The molecule has 0 saturated heterocycles. The number of hydrogen-bond acceptors (Lipinski definition) is 5. The zero-order chi connectivity index (χ0) is 19.4. The molecule has 0 spiro atoms. The van der Waals surface area contributed by atoms with E-state index in [1.165, 1.54) is 17.0 Å². The molecule has 3 aromatic rings. The number of halogens is 2. The number of nitrogens with zero attached hydrogens (tertiary/aromatic N) is 4. The third-order valence-electron chi connectivity index (χ3n) is 3.50. The van der Waals surface area contributed by atoms with Crippen molar-refractivity contribution < 1.29 is 4.92 Å². The minimum atomic E-state index is -0.441. The molecular weight excluding hydrogens is 409 g/mol. The summed E-state index contributed by atoms with van der Waals surface area (Å²) < 4.78 is 1.67. The molecule has 3 rings (SSSR count). The molecule has 0 unspecified atom stereocenters. The van der Waals surface area contributed by atoms with Crippen molar-refractivity contribution in [1.82, 2.24) is 14.9 Å². The molecule has 7 nitrogen and oxygen atoms in total. The Morgan fingerprint density at radius 2 is 2.04 bits per heavy atom. The first-order valence-corrected chi connectivity index (χ1v) is 8.71. The van der Waals surface area contributed by atoms with Crippen LogP contribution >= 0.6 is 35.4 Å². The van der Waals surface area contributed by atoms with E-state index in [1.54, 1.807) is 48.6 Å². The molecule has 0 aliphatic carbocycles. The quantitative estimate of drug-likeness (QED) is 0.260. The molecule has 0 aliphatic rings. The summed E-state index contributed by atoms with van der Waals surface area (Å²) in [5.74, 6) is 0.414. The Balaban J connectivity index is 1.90. The second-order valence-electron chi connectivity index (χ2n) is 5.23. The molecule has 27 heavy (non-hydrogen) atoms. The first-order valence-electron chi connectivity index (χ1n) is 7.54. The van der Waals surface area contributed by atoms with Crippen molar-refractivity contribution in [2.75, 3.05) is 0 Å². The zero-order valence-electron chi connectivity index (χ0n) is 13.5. The number of H-pyrrole nitrogens is 1. The summed E-state index contributed by atoms with van der Waals surface area (Å²) >= 11 is 17.3. The second kappa shape index (κ2) is 8.26. The highest BCUT2D eigenvalue weighted by Crippen LogP contribution is 2.29. The van der Waals surface area contributed by atoms with Gasteiger partial charge in [0.1, 0.15) is 0 Å². The van der Waals surface area contributed by atoms with Crippen LogP contribution in [0.25, 0.3) is 17.5 Å². The monoisotopic (exact) mass is 419 g/mol. The topological polar surface area (TPSA) is 89.1 Å². The fraction of sp³-hybridized carbons (Fsp3) is 0. The normalized spacial score (nSPS) is 11.5. The maximum absolute atomic E-state index is 11.0. The van der Waals surface area contributed by atoms with Crippen LogP contribution in [0.2, 0.25) is 10.0 Å². The van der Waals surface area contributed by atoms with Crippen LogP contribution in [0.5, 0.6) is 0 Å². The predicted octanol–water partition coefficient (Wildman–Crippen LogP) is 5.37. The third-order valence-corrected chi connectivity index (χ3v) is 4.31. The van der Waals surface area contributed by atoms with Crippen molar-refractivity contribution in [2.45, 2.75) is 0 Å². The fourth-order valence-electron chi connectivity index (χ4n) is 2.29. The molecule has 2 aromatic carbocycles. The van der Waals surface area contributed by atoms with E-state index in [0.29, 0.717) is 27.0 Å². The molecular formula is C17H11Cl2N5O2S. The molecule has 1 aromatic heterocycles.